The lowest BCUT2D eigenvalue weighted by Gasteiger charge is -2.09. The normalized spacial score (nSPS) is 10.2. The highest BCUT2D eigenvalue weighted by Gasteiger charge is 2.11. The topological polar surface area (TPSA) is 42.0 Å². The van der Waals surface area contributed by atoms with Crippen LogP contribution in [0.4, 0.5) is 5.69 Å². The van der Waals surface area contributed by atoms with Crippen LogP contribution >= 0.6 is 11.6 Å². The van der Waals surface area contributed by atoms with E-state index in [2.05, 4.69) is 10.3 Å². The van der Waals surface area contributed by atoms with Crippen LogP contribution < -0.4 is 5.32 Å². The molecule has 0 spiro atoms. The molecule has 18 heavy (non-hydrogen) atoms. The Morgan fingerprint density at radius 1 is 1.28 bits per heavy atom. The number of carbonyl (C=O) groups excluding carboxylic acids is 1. The molecule has 1 aromatic carbocycles. The van der Waals surface area contributed by atoms with Gasteiger partial charge < -0.3 is 5.32 Å². The number of nitrogens with zero attached hydrogens (tertiary/aromatic N) is 1. The van der Waals surface area contributed by atoms with E-state index in [1.54, 1.807) is 12.3 Å². The van der Waals surface area contributed by atoms with Crippen molar-refractivity contribution in [2.24, 2.45) is 0 Å². The first-order valence-electron chi connectivity index (χ1n) is 5.56. The first-order valence-corrected chi connectivity index (χ1v) is 5.94. The molecular formula is C14H13ClN2O. The number of benzene rings is 1. The zero-order valence-corrected chi connectivity index (χ0v) is 11.0. The van der Waals surface area contributed by atoms with Gasteiger partial charge in [-0.2, -0.15) is 0 Å². The highest BCUT2D eigenvalue weighted by atomic mass is 35.5. The van der Waals surface area contributed by atoms with Crippen molar-refractivity contribution in [3.05, 3.63) is 58.4 Å². The van der Waals surface area contributed by atoms with Gasteiger partial charge in [-0.3, -0.25) is 9.78 Å². The molecule has 0 saturated carbocycles. The second kappa shape index (κ2) is 5.19. The van der Waals surface area contributed by atoms with Gasteiger partial charge in [0.1, 0.15) is 0 Å². The summed E-state index contributed by atoms with van der Waals surface area (Å²) in [5.41, 5.74) is 3.39. The Morgan fingerprint density at radius 2 is 2.06 bits per heavy atom. The minimum Gasteiger partial charge on any atom is -0.322 e. The summed E-state index contributed by atoms with van der Waals surface area (Å²) in [4.78, 5) is 15.9. The molecule has 0 aliphatic carbocycles. The third kappa shape index (κ3) is 2.68. The van der Waals surface area contributed by atoms with Crippen molar-refractivity contribution in [2.75, 3.05) is 5.32 Å². The maximum absolute atomic E-state index is 12.0. The first kappa shape index (κ1) is 12.6. The molecule has 1 amide bonds. The van der Waals surface area contributed by atoms with Gasteiger partial charge in [0.15, 0.2) is 0 Å². The van der Waals surface area contributed by atoms with Gasteiger partial charge in [0.25, 0.3) is 5.91 Å². The number of carbonyl (C=O) groups is 1. The number of aromatic nitrogens is 1. The fourth-order valence-corrected chi connectivity index (χ4v) is 1.91. The fraction of sp³-hybridized carbons (Fsp3) is 0.143. The number of nitrogens with one attached hydrogen (secondary N) is 1. The molecule has 0 bridgehead atoms. The van der Waals surface area contributed by atoms with E-state index >= 15 is 0 Å². The number of hydrogen-bond acceptors (Lipinski definition) is 2. The molecule has 0 atom stereocenters. The molecule has 0 fully saturated rings. The summed E-state index contributed by atoms with van der Waals surface area (Å²) >= 11 is 5.93. The first-order chi connectivity index (χ1) is 8.58. The maximum Gasteiger partial charge on any atom is 0.257 e. The summed E-state index contributed by atoms with van der Waals surface area (Å²) in [6.07, 6.45) is 3.00. The number of amides is 1. The molecular weight excluding hydrogens is 248 g/mol. The predicted octanol–water partition coefficient (Wildman–Crippen LogP) is 3.60. The van der Waals surface area contributed by atoms with E-state index in [0.29, 0.717) is 10.6 Å². The summed E-state index contributed by atoms with van der Waals surface area (Å²) in [6.45, 7) is 3.97. The molecule has 92 valence electrons. The van der Waals surface area contributed by atoms with Crippen LogP contribution in [0.2, 0.25) is 5.02 Å². The van der Waals surface area contributed by atoms with Crippen LogP contribution in [-0.4, -0.2) is 10.9 Å². The second-order valence-electron chi connectivity index (χ2n) is 4.13. The van der Waals surface area contributed by atoms with Crippen LogP contribution in [0.5, 0.6) is 0 Å². The van der Waals surface area contributed by atoms with Crippen molar-refractivity contribution < 1.29 is 4.79 Å². The fourth-order valence-electron chi connectivity index (χ4n) is 1.70. The molecule has 2 aromatic rings. The lowest BCUT2D eigenvalue weighted by Crippen LogP contribution is -2.13. The Hall–Kier alpha value is -1.87. The van der Waals surface area contributed by atoms with Gasteiger partial charge in [0, 0.05) is 18.1 Å². The van der Waals surface area contributed by atoms with Crippen molar-refractivity contribution in [3.8, 4) is 0 Å². The smallest absolute Gasteiger partial charge is 0.257 e. The molecule has 1 N–H and O–H groups in total. The van der Waals surface area contributed by atoms with Crippen molar-refractivity contribution in [2.45, 2.75) is 13.8 Å². The molecule has 4 heteroatoms. The standard InChI is InChI=1S/C14H13ClN2O/c1-9-3-4-13(10(2)7-9)17-14(18)11-5-6-16-8-12(11)15/h3-8H,1-2H3,(H,17,18). The molecule has 0 saturated heterocycles. The Balaban J connectivity index is 2.24. The van der Waals surface area contributed by atoms with Crippen LogP contribution in [0.3, 0.4) is 0 Å². The molecule has 0 radical (unpaired) electrons. The number of halogens is 1. The second-order valence-corrected chi connectivity index (χ2v) is 4.54. The third-order valence-corrected chi connectivity index (χ3v) is 2.95. The molecule has 0 aliphatic rings. The quantitative estimate of drug-likeness (QED) is 0.896. The van der Waals surface area contributed by atoms with Crippen LogP contribution in [0.15, 0.2) is 36.7 Å². The highest BCUT2D eigenvalue weighted by molar-refractivity contribution is 6.34. The summed E-state index contributed by atoms with van der Waals surface area (Å²) in [5, 5.41) is 3.19. The SMILES string of the molecule is Cc1ccc(NC(=O)c2ccncc2Cl)c(C)c1. The number of pyridine rings is 1. The van der Waals surface area contributed by atoms with Crippen molar-refractivity contribution in [1.29, 1.82) is 0 Å². The Kier molecular flexibility index (Phi) is 3.63. The van der Waals surface area contributed by atoms with E-state index in [0.717, 1.165) is 16.8 Å². The minimum atomic E-state index is -0.227. The average Bonchev–Trinajstić information content (AvgIpc) is 2.33. The predicted molar refractivity (Wildman–Crippen MR) is 73.1 cm³/mol. The zero-order chi connectivity index (χ0) is 13.1. The van der Waals surface area contributed by atoms with E-state index in [4.69, 9.17) is 11.6 Å². The average molecular weight is 261 g/mol. The summed E-state index contributed by atoms with van der Waals surface area (Å²) in [5.74, 6) is -0.227. The monoisotopic (exact) mass is 260 g/mol. The molecule has 0 aliphatic heterocycles. The molecule has 2 rings (SSSR count). The van der Waals surface area contributed by atoms with E-state index in [9.17, 15) is 4.79 Å². The molecule has 0 unspecified atom stereocenters. The van der Waals surface area contributed by atoms with E-state index < -0.39 is 0 Å². The molecule has 3 nitrogen and oxygen atoms in total. The number of hydrogen-bond donors (Lipinski definition) is 1. The lowest BCUT2D eigenvalue weighted by molar-refractivity contribution is 0.102. The van der Waals surface area contributed by atoms with Gasteiger partial charge in [0.05, 0.1) is 10.6 Å². The van der Waals surface area contributed by atoms with Gasteiger partial charge in [0.2, 0.25) is 0 Å². The molecule has 1 aromatic heterocycles. The highest BCUT2D eigenvalue weighted by Crippen LogP contribution is 2.19. The Bertz CT molecular complexity index is 596. The van der Waals surface area contributed by atoms with Gasteiger partial charge >= 0.3 is 0 Å². The van der Waals surface area contributed by atoms with Crippen LogP contribution in [0.25, 0.3) is 0 Å². The van der Waals surface area contributed by atoms with Crippen molar-refractivity contribution in [3.63, 3.8) is 0 Å². The van der Waals surface area contributed by atoms with Gasteiger partial charge in [-0.15, -0.1) is 0 Å². The van der Waals surface area contributed by atoms with Crippen LogP contribution in [0, 0.1) is 13.8 Å². The van der Waals surface area contributed by atoms with Crippen molar-refractivity contribution in [1.82, 2.24) is 4.98 Å². The number of aryl methyl sites for hydroxylation is 2. The minimum absolute atomic E-state index is 0.227. The van der Waals surface area contributed by atoms with E-state index in [-0.39, 0.29) is 5.91 Å². The van der Waals surface area contributed by atoms with E-state index in [1.807, 2.05) is 32.0 Å². The van der Waals surface area contributed by atoms with Crippen LogP contribution in [0.1, 0.15) is 21.5 Å². The summed E-state index contributed by atoms with van der Waals surface area (Å²) in [7, 11) is 0. The number of anilines is 1. The maximum atomic E-state index is 12.0. The van der Waals surface area contributed by atoms with Crippen LogP contribution in [-0.2, 0) is 0 Å². The Morgan fingerprint density at radius 3 is 2.72 bits per heavy atom. The third-order valence-electron chi connectivity index (χ3n) is 2.65. The van der Waals surface area contributed by atoms with Gasteiger partial charge in [-0.25, -0.2) is 0 Å². The number of rotatable bonds is 2. The lowest BCUT2D eigenvalue weighted by atomic mass is 10.1. The van der Waals surface area contributed by atoms with E-state index in [1.165, 1.54) is 6.20 Å². The largest absolute Gasteiger partial charge is 0.322 e. The summed E-state index contributed by atoms with van der Waals surface area (Å²) < 4.78 is 0. The molecule has 1 heterocycles. The summed E-state index contributed by atoms with van der Waals surface area (Å²) in [6, 6.07) is 7.46. The van der Waals surface area contributed by atoms with Crippen molar-refractivity contribution >= 4 is 23.2 Å². The van der Waals surface area contributed by atoms with Gasteiger partial charge in [-0.1, -0.05) is 29.3 Å². The Labute approximate surface area is 111 Å². The van der Waals surface area contributed by atoms with Gasteiger partial charge in [-0.05, 0) is 31.5 Å². The zero-order valence-electron chi connectivity index (χ0n) is 10.2.